The van der Waals surface area contributed by atoms with Crippen molar-refractivity contribution < 1.29 is 0 Å². The van der Waals surface area contributed by atoms with Gasteiger partial charge in [0.15, 0.2) is 11.2 Å². The first kappa shape index (κ1) is 18.9. The van der Waals surface area contributed by atoms with Crippen molar-refractivity contribution in [1.82, 2.24) is 18.7 Å². The second kappa shape index (κ2) is 7.20. The van der Waals surface area contributed by atoms with Gasteiger partial charge in [0, 0.05) is 20.1 Å². The molecule has 29 heavy (non-hydrogen) atoms. The van der Waals surface area contributed by atoms with E-state index in [2.05, 4.69) is 10.1 Å². The van der Waals surface area contributed by atoms with E-state index >= 15 is 0 Å². The van der Waals surface area contributed by atoms with Crippen LogP contribution in [0, 0.1) is 0 Å². The number of aromatic nitrogens is 4. The maximum Gasteiger partial charge on any atom is 0.332 e. The summed E-state index contributed by atoms with van der Waals surface area (Å²) in [6, 6.07) is 9.66. The average molecular weight is 392 g/mol. The molecule has 4 rings (SSSR count). The molecule has 0 aliphatic carbocycles. The molecule has 1 atom stereocenters. The molecular formula is C21H24N6O2. The van der Waals surface area contributed by atoms with Gasteiger partial charge in [-0.1, -0.05) is 42.5 Å². The minimum Gasteiger partial charge on any atom is -0.294 e. The molecule has 0 fully saturated rings. The third-order valence-corrected chi connectivity index (χ3v) is 5.36. The molecule has 0 spiro atoms. The molecule has 2 aromatic heterocycles. The Morgan fingerprint density at radius 3 is 2.59 bits per heavy atom. The summed E-state index contributed by atoms with van der Waals surface area (Å²) in [5, 5.41) is 6.33. The van der Waals surface area contributed by atoms with Gasteiger partial charge in [0.05, 0.1) is 11.8 Å². The zero-order valence-electron chi connectivity index (χ0n) is 17.0. The van der Waals surface area contributed by atoms with Crippen LogP contribution in [0.25, 0.3) is 17.2 Å². The van der Waals surface area contributed by atoms with Crippen LogP contribution >= 0.6 is 0 Å². The van der Waals surface area contributed by atoms with Gasteiger partial charge in [-0.15, -0.1) is 0 Å². The lowest BCUT2D eigenvalue weighted by atomic mass is 10.2. The second-order valence-electron chi connectivity index (χ2n) is 7.16. The Hall–Kier alpha value is -3.42. The molecule has 8 heteroatoms. The van der Waals surface area contributed by atoms with Gasteiger partial charge < -0.3 is 0 Å². The molecule has 0 N–H and O–H groups in total. The van der Waals surface area contributed by atoms with E-state index in [1.165, 1.54) is 9.13 Å². The van der Waals surface area contributed by atoms with Crippen molar-refractivity contribution in [3.63, 3.8) is 0 Å². The van der Waals surface area contributed by atoms with E-state index in [9.17, 15) is 9.59 Å². The first-order chi connectivity index (χ1) is 13.9. The van der Waals surface area contributed by atoms with Gasteiger partial charge in [-0.3, -0.25) is 18.5 Å². The second-order valence-corrected chi connectivity index (χ2v) is 7.16. The number of allylic oxidation sites excluding steroid dienone is 1. The van der Waals surface area contributed by atoms with Gasteiger partial charge in [0.1, 0.15) is 0 Å². The summed E-state index contributed by atoms with van der Waals surface area (Å²) in [7, 11) is 1.65. The highest BCUT2D eigenvalue weighted by atomic mass is 16.2. The SMILES string of the molecule is CCN1N=C(C)[C@H](C)n2c1nc1c2c(=O)n(C/C=C/c2ccccc2)c(=O)n1C. The van der Waals surface area contributed by atoms with Crippen LogP contribution in [-0.4, -0.2) is 30.9 Å². The van der Waals surface area contributed by atoms with Crippen LogP contribution in [0.1, 0.15) is 32.4 Å². The van der Waals surface area contributed by atoms with Gasteiger partial charge in [-0.05, 0) is 26.3 Å². The molecular weight excluding hydrogens is 368 g/mol. The molecule has 0 unspecified atom stereocenters. The fourth-order valence-corrected chi connectivity index (χ4v) is 3.61. The predicted octanol–water partition coefficient (Wildman–Crippen LogP) is 2.39. The molecule has 3 aromatic rings. The van der Waals surface area contributed by atoms with Crippen molar-refractivity contribution in [2.24, 2.45) is 12.1 Å². The lowest BCUT2D eigenvalue weighted by Crippen LogP contribution is -2.40. The number of aryl methyl sites for hydroxylation is 1. The number of anilines is 1. The number of fused-ring (bicyclic) bond motifs is 3. The van der Waals surface area contributed by atoms with Crippen LogP contribution in [-0.2, 0) is 13.6 Å². The Balaban J connectivity index is 1.87. The zero-order chi connectivity index (χ0) is 20.7. The first-order valence-electron chi connectivity index (χ1n) is 9.70. The van der Waals surface area contributed by atoms with Gasteiger partial charge in [0.25, 0.3) is 5.56 Å². The fraction of sp³-hybridized carbons (Fsp3) is 0.333. The third kappa shape index (κ3) is 3.00. The van der Waals surface area contributed by atoms with E-state index in [0.717, 1.165) is 11.3 Å². The van der Waals surface area contributed by atoms with Crippen LogP contribution in [0.2, 0.25) is 0 Å². The van der Waals surface area contributed by atoms with Crippen LogP contribution in [0.3, 0.4) is 0 Å². The third-order valence-electron chi connectivity index (χ3n) is 5.36. The lowest BCUT2D eigenvalue weighted by Gasteiger charge is -2.28. The van der Waals surface area contributed by atoms with Crippen LogP contribution < -0.4 is 16.3 Å². The Kier molecular flexibility index (Phi) is 4.70. The van der Waals surface area contributed by atoms with E-state index in [1.807, 2.05) is 67.8 Å². The minimum atomic E-state index is -0.385. The summed E-state index contributed by atoms with van der Waals surface area (Å²) in [6.45, 7) is 6.71. The quantitative estimate of drug-likeness (QED) is 0.683. The van der Waals surface area contributed by atoms with Crippen LogP contribution in [0.5, 0.6) is 0 Å². The average Bonchev–Trinajstić information content (AvgIpc) is 3.13. The van der Waals surface area contributed by atoms with Crippen molar-refractivity contribution in [1.29, 1.82) is 0 Å². The standard InChI is InChI=1S/C21H24N6O2/c1-5-26-20-22-18-17(27(20)15(3)14(2)23-26)19(28)25(21(29)24(18)4)13-9-12-16-10-7-6-8-11-16/h6-12,15H,5,13H2,1-4H3/b12-9+/t15-/m0/s1. The molecule has 0 radical (unpaired) electrons. The van der Waals surface area contributed by atoms with Crippen molar-refractivity contribution >= 4 is 28.9 Å². The highest BCUT2D eigenvalue weighted by Crippen LogP contribution is 2.29. The lowest BCUT2D eigenvalue weighted by molar-refractivity contribution is 0.635. The van der Waals surface area contributed by atoms with Crippen LogP contribution in [0.15, 0.2) is 51.1 Å². The molecule has 0 bridgehead atoms. The minimum absolute atomic E-state index is 0.115. The van der Waals surface area contributed by atoms with E-state index in [-0.39, 0.29) is 23.8 Å². The molecule has 3 heterocycles. The molecule has 150 valence electrons. The van der Waals surface area contributed by atoms with Gasteiger partial charge in [0.2, 0.25) is 5.95 Å². The van der Waals surface area contributed by atoms with E-state index < -0.39 is 0 Å². The number of imidazole rings is 1. The Labute approximate surface area is 168 Å². The fourth-order valence-electron chi connectivity index (χ4n) is 3.61. The molecule has 1 aliphatic rings. The summed E-state index contributed by atoms with van der Waals surface area (Å²) >= 11 is 0. The first-order valence-corrected chi connectivity index (χ1v) is 9.70. The molecule has 0 saturated heterocycles. The van der Waals surface area contributed by atoms with Crippen molar-refractivity contribution in [3.05, 3.63) is 62.8 Å². The molecule has 8 nitrogen and oxygen atoms in total. The summed E-state index contributed by atoms with van der Waals surface area (Å²) < 4.78 is 4.58. The summed E-state index contributed by atoms with van der Waals surface area (Å²) in [5.74, 6) is 0.588. The smallest absolute Gasteiger partial charge is 0.294 e. The Bertz CT molecular complexity index is 1250. The Morgan fingerprint density at radius 1 is 1.17 bits per heavy atom. The number of hydrazone groups is 1. The summed E-state index contributed by atoms with van der Waals surface area (Å²) in [5.41, 5.74) is 1.99. The number of hydrogen-bond acceptors (Lipinski definition) is 5. The molecule has 0 amide bonds. The van der Waals surface area contributed by atoms with Crippen molar-refractivity contribution in [2.45, 2.75) is 33.4 Å². The summed E-state index contributed by atoms with van der Waals surface area (Å²) in [6.07, 6.45) is 3.73. The predicted molar refractivity (Wildman–Crippen MR) is 116 cm³/mol. The van der Waals surface area contributed by atoms with Crippen molar-refractivity contribution in [2.75, 3.05) is 11.6 Å². The summed E-state index contributed by atoms with van der Waals surface area (Å²) in [4.78, 5) is 30.8. The molecule has 1 aromatic carbocycles. The molecule has 1 aliphatic heterocycles. The largest absolute Gasteiger partial charge is 0.332 e. The maximum atomic E-state index is 13.3. The highest BCUT2D eigenvalue weighted by molar-refractivity contribution is 5.91. The van der Waals surface area contributed by atoms with Gasteiger partial charge in [-0.25, -0.2) is 9.80 Å². The van der Waals surface area contributed by atoms with E-state index in [0.29, 0.717) is 23.7 Å². The monoisotopic (exact) mass is 392 g/mol. The molecule has 0 saturated carbocycles. The number of benzene rings is 1. The number of rotatable bonds is 4. The van der Waals surface area contributed by atoms with Gasteiger partial charge in [-0.2, -0.15) is 10.1 Å². The highest BCUT2D eigenvalue weighted by Gasteiger charge is 2.29. The maximum absolute atomic E-state index is 13.3. The Morgan fingerprint density at radius 2 is 1.90 bits per heavy atom. The van der Waals surface area contributed by atoms with E-state index in [1.54, 1.807) is 12.1 Å². The number of nitrogens with zero attached hydrogens (tertiary/aromatic N) is 6. The topological polar surface area (TPSA) is 77.4 Å². The zero-order valence-corrected chi connectivity index (χ0v) is 17.0. The van der Waals surface area contributed by atoms with E-state index in [4.69, 9.17) is 0 Å². The number of hydrogen-bond donors (Lipinski definition) is 0. The van der Waals surface area contributed by atoms with Gasteiger partial charge >= 0.3 is 5.69 Å². The van der Waals surface area contributed by atoms with Crippen molar-refractivity contribution in [3.8, 4) is 0 Å². The van der Waals surface area contributed by atoms with Crippen LogP contribution in [0.4, 0.5) is 5.95 Å². The normalized spacial score (nSPS) is 16.5.